The molecule has 72 heavy (non-hydrogen) atoms. The molecule has 0 spiro atoms. The number of ketones is 5. The largest absolute Gasteiger partial charge is 0.356 e. The number of hydrogen-bond acceptors (Lipinski definition) is 12. The molecule has 0 aliphatic rings. The Morgan fingerprint density at radius 1 is 0.264 bits per heavy atom. The maximum Gasteiger partial charge on any atom is 0.242 e. The van der Waals surface area contributed by atoms with Crippen LogP contribution in [0.5, 0.6) is 0 Å². The summed E-state index contributed by atoms with van der Waals surface area (Å²) in [4.78, 5) is 139. The zero-order chi connectivity index (χ0) is 55.1. The molecule has 0 bridgehead atoms. The van der Waals surface area contributed by atoms with Crippen molar-refractivity contribution >= 4 is 70.3 Å². The van der Waals surface area contributed by atoms with Gasteiger partial charge in [-0.2, -0.15) is 0 Å². The lowest BCUT2D eigenvalue weighted by Gasteiger charge is -2.18. The van der Waals surface area contributed by atoms with Crippen LogP contribution in [0.25, 0.3) is 0 Å². The summed E-state index contributed by atoms with van der Waals surface area (Å²) in [5, 5.41) is 19.2. The van der Waals surface area contributed by atoms with E-state index in [4.69, 9.17) is 0 Å². The van der Waals surface area contributed by atoms with Crippen LogP contribution in [0.3, 0.4) is 0 Å². The van der Waals surface area contributed by atoms with E-state index in [1.165, 1.54) is 0 Å². The average Bonchev–Trinajstić information content (AvgIpc) is 3.39. The van der Waals surface area contributed by atoms with E-state index in [9.17, 15) is 57.5 Å². The van der Waals surface area contributed by atoms with Crippen molar-refractivity contribution < 1.29 is 57.5 Å². The van der Waals surface area contributed by atoms with Gasteiger partial charge in [0, 0.05) is 116 Å². The van der Waals surface area contributed by atoms with Crippen molar-refractivity contribution in [2.45, 2.75) is 241 Å². The van der Waals surface area contributed by atoms with Gasteiger partial charge in [0.1, 0.15) is 47.0 Å². The molecule has 0 aliphatic carbocycles. The Labute approximate surface area is 431 Å². The van der Waals surface area contributed by atoms with Crippen LogP contribution < -0.4 is 37.2 Å². The lowest BCUT2D eigenvalue weighted by Crippen LogP contribution is -2.47. The molecule has 0 aliphatic heterocycles. The van der Waals surface area contributed by atoms with Crippen molar-refractivity contribution in [3.63, 3.8) is 0 Å². The van der Waals surface area contributed by atoms with E-state index < -0.39 is 18.1 Å². The van der Waals surface area contributed by atoms with E-state index in [1.807, 2.05) is 34.6 Å². The Morgan fingerprint density at radius 3 is 0.833 bits per heavy atom. The predicted octanol–water partition coefficient (Wildman–Crippen LogP) is 5.66. The molecule has 0 aromatic heterocycles. The van der Waals surface area contributed by atoms with Gasteiger partial charge in [-0.3, -0.25) is 57.5 Å². The van der Waals surface area contributed by atoms with Gasteiger partial charge >= 0.3 is 0 Å². The predicted molar refractivity (Wildman–Crippen MR) is 279 cm³/mol. The fourth-order valence-corrected chi connectivity index (χ4v) is 6.45. The number of nitrogens with one attached hydrogen (secondary N) is 7. The molecule has 0 rings (SSSR count). The second kappa shape index (κ2) is 47.9. The summed E-state index contributed by atoms with van der Waals surface area (Å²) in [6.07, 6.45) is 13.2. The Balaban J connectivity index is -0.000000993. The molecule has 414 valence electrons. The monoisotopic (exact) mass is 1020 g/mol. The van der Waals surface area contributed by atoms with Crippen LogP contribution in [0.4, 0.5) is 0 Å². The van der Waals surface area contributed by atoms with Crippen molar-refractivity contribution in [2.75, 3.05) is 26.2 Å². The Hall–Kier alpha value is -5.36. The maximum absolute atomic E-state index is 12.3. The van der Waals surface area contributed by atoms with Crippen LogP contribution in [0, 0.1) is 0 Å². The molecule has 7 N–H and O–H groups in total. The molecule has 0 aromatic rings. The van der Waals surface area contributed by atoms with Gasteiger partial charge in [-0.1, -0.05) is 75.2 Å². The molecule has 3 unspecified atom stereocenters. The van der Waals surface area contributed by atoms with Gasteiger partial charge in [0.15, 0.2) is 0 Å². The second-order valence-corrected chi connectivity index (χ2v) is 17.4. The molecule has 3 atom stereocenters. The molecular weight excluding hydrogens is 927 g/mol. The van der Waals surface area contributed by atoms with Crippen molar-refractivity contribution in [1.29, 1.82) is 0 Å². The number of unbranched alkanes of at least 4 members (excludes halogenated alkanes) is 2. The molecule has 0 radical (unpaired) electrons. The molecular formula is C53H95N7O12. The first-order valence-electron chi connectivity index (χ1n) is 26.9. The summed E-state index contributed by atoms with van der Waals surface area (Å²) >= 11 is 0. The first kappa shape index (κ1) is 70.9. The standard InChI is InChI=1S/C19H34N2O4.C17H31N3O4.C17H30N2O4/c1-4-15(22)11-8-7-9-13-17(21-18(24)6-3)19(25)20-14-10-12-16(23)5-2;1-4-13(21)9-7-12-19-17(24)14(20-16(23)6-3)10-8-11-18-15(22)5-2;1-4-13(20)9-7-11-15(19-16(22)6-3)17(23)18-12-8-10-14(21)5-2/h17H,4-14H2,1-3H3,(H,20,25)(H,21,24);14H,4-12H2,1-3H3,(H,18,22)(H,19,24)(H,20,23);15H,4-12H2,1-3H3,(H,18,23)(H,19,22). The number of carbonyl (C=O) groups excluding carboxylic acids is 12. The number of amides is 7. The number of hydrogen-bond donors (Lipinski definition) is 7. The van der Waals surface area contributed by atoms with Crippen LogP contribution in [0.2, 0.25) is 0 Å². The Kier molecular flexibility index (Phi) is 47.2. The minimum absolute atomic E-state index is 0.0332. The lowest BCUT2D eigenvalue weighted by atomic mass is 10.0. The molecule has 7 amide bonds. The van der Waals surface area contributed by atoms with Gasteiger partial charge in [0.05, 0.1) is 0 Å². The zero-order valence-electron chi connectivity index (χ0n) is 45.6. The van der Waals surface area contributed by atoms with Gasteiger partial charge in [-0.25, -0.2) is 0 Å². The summed E-state index contributed by atoms with van der Waals surface area (Å²) in [5.74, 6) is -0.304. The SMILES string of the molecule is CCC(=O)CCCCCC(NC(=O)CC)C(=O)NCCCC(=O)CC.CCC(=O)CCCNC(=O)C(CCCC(=O)CC)NC(=O)CC.CCC(=O)CCCNC(=O)C(CCCNC(=O)CC)NC(=O)CC. The van der Waals surface area contributed by atoms with E-state index in [0.29, 0.717) is 167 Å². The van der Waals surface area contributed by atoms with E-state index in [-0.39, 0.29) is 70.3 Å². The molecule has 0 aromatic carbocycles. The summed E-state index contributed by atoms with van der Waals surface area (Å²) in [6.45, 7) is 17.8. The van der Waals surface area contributed by atoms with Crippen molar-refractivity contribution in [1.82, 2.24) is 37.2 Å². The maximum atomic E-state index is 12.3. The first-order valence-corrected chi connectivity index (χ1v) is 26.9. The van der Waals surface area contributed by atoms with Crippen LogP contribution in [-0.4, -0.2) is 115 Å². The van der Waals surface area contributed by atoms with Crippen molar-refractivity contribution in [3.8, 4) is 0 Å². The van der Waals surface area contributed by atoms with E-state index in [2.05, 4.69) is 37.2 Å². The Morgan fingerprint density at radius 2 is 0.528 bits per heavy atom. The second-order valence-electron chi connectivity index (χ2n) is 17.4. The quantitative estimate of drug-likeness (QED) is 0.0366. The van der Waals surface area contributed by atoms with Crippen molar-refractivity contribution in [2.24, 2.45) is 0 Å². The highest BCUT2D eigenvalue weighted by molar-refractivity contribution is 5.89. The van der Waals surface area contributed by atoms with Gasteiger partial charge in [-0.15, -0.1) is 0 Å². The fourth-order valence-electron chi connectivity index (χ4n) is 6.45. The molecule has 0 heterocycles. The summed E-state index contributed by atoms with van der Waals surface area (Å²) in [6, 6.07) is -1.77. The highest BCUT2D eigenvalue weighted by Crippen LogP contribution is 2.09. The van der Waals surface area contributed by atoms with Crippen LogP contribution in [0.15, 0.2) is 0 Å². The Bertz CT molecular complexity index is 1640. The van der Waals surface area contributed by atoms with E-state index >= 15 is 0 Å². The van der Waals surface area contributed by atoms with Gasteiger partial charge in [-0.05, 0) is 57.8 Å². The fraction of sp³-hybridized carbons (Fsp3) is 0.774. The number of rotatable bonds is 41. The van der Waals surface area contributed by atoms with Crippen LogP contribution in [0.1, 0.15) is 223 Å². The average molecular weight is 1020 g/mol. The summed E-state index contributed by atoms with van der Waals surface area (Å²) in [7, 11) is 0. The molecule has 19 heteroatoms. The van der Waals surface area contributed by atoms with Crippen LogP contribution >= 0.6 is 0 Å². The molecule has 19 nitrogen and oxygen atoms in total. The zero-order valence-corrected chi connectivity index (χ0v) is 45.6. The first-order chi connectivity index (χ1) is 34.3. The molecule has 0 saturated carbocycles. The summed E-state index contributed by atoms with van der Waals surface area (Å²) in [5.41, 5.74) is 0. The lowest BCUT2D eigenvalue weighted by molar-refractivity contribution is -0.129. The molecule has 0 fully saturated rings. The van der Waals surface area contributed by atoms with Crippen molar-refractivity contribution in [3.05, 3.63) is 0 Å². The smallest absolute Gasteiger partial charge is 0.242 e. The molecule has 0 saturated heterocycles. The normalized spacial score (nSPS) is 11.6. The summed E-state index contributed by atoms with van der Waals surface area (Å²) < 4.78 is 0. The van der Waals surface area contributed by atoms with E-state index in [1.54, 1.807) is 27.7 Å². The van der Waals surface area contributed by atoms with Crippen LogP contribution in [-0.2, 0) is 57.5 Å². The van der Waals surface area contributed by atoms with E-state index in [0.717, 1.165) is 19.3 Å². The topological polar surface area (TPSA) is 289 Å². The minimum atomic E-state index is -0.617. The van der Waals surface area contributed by atoms with Gasteiger partial charge in [0.2, 0.25) is 41.4 Å². The minimum Gasteiger partial charge on any atom is -0.356 e. The highest BCUT2D eigenvalue weighted by Gasteiger charge is 2.22. The number of carbonyl (C=O) groups is 12. The van der Waals surface area contributed by atoms with Gasteiger partial charge < -0.3 is 37.2 Å². The third-order valence-corrected chi connectivity index (χ3v) is 11.4. The number of Topliss-reactive ketones (excluding diaryl/α,β-unsaturated/α-hetero) is 5. The van der Waals surface area contributed by atoms with Gasteiger partial charge in [0.25, 0.3) is 0 Å². The highest BCUT2D eigenvalue weighted by atomic mass is 16.2. The third-order valence-electron chi connectivity index (χ3n) is 11.4. The third kappa shape index (κ3) is 42.3.